The molecule has 1 aliphatic rings. The Morgan fingerprint density at radius 2 is 2.13 bits per heavy atom. The summed E-state index contributed by atoms with van der Waals surface area (Å²) in [5.41, 5.74) is 2.02. The number of aliphatic carboxylic acids is 1. The molecular weight excluding hydrogens is 400 g/mol. The molecule has 2 N–H and O–H groups in total. The summed E-state index contributed by atoms with van der Waals surface area (Å²) in [5.74, 6) is -0.676. The van der Waals surface area contributed by atoms with Crippen LogP contribution in [0.2, 0.25) is 0 Å². The van der Waals surface area contributed by atoms with Crippen molar-refractivity contribution in [2.45, 2.75) is 45.3 Å². The fraction of sp³-hybridized carbons (Fsp3) is 0.545. The van der Waals surface area contributed by atoms with Crippen LogP contribution in [-0.2, 0) is 25.5 Å². The van der Waals surface area contributed by atoms with Crippen molar-refractivity contribution in [2.75, 3.05) is 26.4 Å². The summed E-state index contributed by atoms with van der Waals surface area (Å²) in [6, 6.07) is 6.61. The number of aromatic nitrogens is 3. The minimum Gasteiger partial charge on any atom is -0.481 e. The number of hydrogen-bond acceptors (Lipinski definition) is 6. The molecule has 1 saturated heterocycles. The molecule has 1 aromatic heterocycles. The highest BCUT2D eigenvalue weighted by Crippen LogP contribution is 2.22. The van der Waals surface area contributed by atoms with Crippen LogP contribution >= 0.6 is 0 Å². The highest BCUT2D eigenvalue weighted by molar-refractivity contribution is 5.80. The maximum atomic E-state index is 12.7. The molecule has 1 aliphatic heterocycles. The summed E-state index contributed by atoms with van der Waals surface area (Å²) in [7, 11) is 0. The van der Waals surface area contributed by atoms with Crippen LogP contribution in [0.25, 0.3) is 11.3 Å². The zero-order valence-electron chi connectivity index (χ0n) is 18.0. The summed E-state index contributed by atoms with van der Waals surface area (Å²) in [4.78, 5) is 23.7. The van der Waals surface area contributed by atoms with E-state index in [1.807, 2.05) is 13.0 Å². The lowest BCUT2D eigenvalue weighted by Gasteiger charge is -2.30. The quantitative estimate of drug-likeness (QED) is 0.593. The van der Waals surface area contributed by atoms with Crippen LogP contribution in [0.15, 0.2) is 30.5 Å². The fourth-order valence-electron chi connectivity index (χ4n) is 3.75. The van der Waals surface area contributed by atoms with E-state index in [0.29, 0.717) is 30.3 Å². The first-order chi connectivity index (χ1) is 15.0. The van der Waals surface area contributed by atoms with Gasteiger partial charge in [-0.05, 0) is 44.2 Å². The van der Waals surface area contributed by atoms with Gasteiger partial charge in [-0.25, -0.2) is 4.68 Å². The van der Waals surface area contributed by atoms with Crippen molar-refractivity contribution in [3.63, 3.8) is 0 Å². The monoisotopic (exact) mass is 430 g/mol. The first-order valence-corrected chi connectivity index (χ1v) is 10.7. The van der Waals surface area contributed by atoms with E-state index in [1.165, 1.54) is 4.68 Å². The number of nitrogens with one attached hydrogen (secondary N) is 1. The molecule has 168 valence electrons. The van der Waals surface area contributed by atoms with Crippen molar-refractivity contribution < 1.29 is 24.2 Å². The second kappa shape index (κ2) is 11.0. The number of amides is 1. The number of rotatable bonds is 10. The van der Waals surface area contributed by atoms with Crippen LogP contribution < -0.4 is 5.32 Å². The van der Waals surface area contributed by atoms with Gasteiger partial charge in [-0.2, -0.15) is 0 Å². The topological polar surface area (TPSA) is 116 Å². The molecule has 0 spiro atoms. The number of benzene rings is 1. The van der Waals surface area contributed by atoms with Crippen LogP contribution in [0.5, 0.6) is 0 Å². The van der Waals surface area contributed by atoms with Crippen LogP contribution in [0.1, 0.15) is 38.3 Å². The molecule has 3 rings (SSSR count). The lowest BCUT2D eigenvalue weighted by atomic mass is 9.93. The molecule has 0 aliphatic carbocycles. The molecule has 9 nitrogen and oxygen atoms in total. The lowest BCUT2D eigenvalue weighted by molar-refractivity contribution is -0.136. The van der Waals surface area contributed by atoms with Crippen LogP contribution in [-0.4, -0.2) is 64.4 Å². The highest BCUT2D eigenvalue weighted by Gasteiger charge is 2.26. The first-order valence-electron chi connectivity index (χ1n) is 10.7. The summed E-state index contributed by atoms with van der Waals surface area (Å²) >= 11 is 0. The van der Waals surface area contributed by atoms with Crippen LogP contribution in [0.4, 0.5) is 0 Å². The van der Waals surface area contributed by atoms with Gasteiger partial charge in [-0.15, -0.1) is 5.10 Å². The third-order valence-corrected chi connectivity index (χ3v) is 5.51. The number of hydrogen-bond donors (Lipinski definition) is 2. The van der Waals surface area contributed by atoms with Gasteiger partial charge < -0.3 is 19.9 Å². The molecule has 0 saturated carbocycles. The number of carbonyl (C=O) groups excluding carboxylic acids is 1. The molecule has 1 fully saturated rings. The van der Waals surface area contributed by atoms with Gasteiger partial charge in [-0.3, -0.25) is 9.59 Å². The molecule has 2 atom stereocenters. The Bertz CT molecular complexity index is 878. The predicted octanol–water partition coefficient (Wildman–Crippen LogP) is 2.08. The van der Waals surface area contributed by atoms with E-state index in [2.05, 4.69) is 15.6 Å². The van der Waals surface area contributed by atoms with Gasteiger partial charge in [-0.1, -0.05) is 23.4 Å². The smallest absolute Gasteiger partial charge is 0.307 e. The summed E-state index contributed by atoms with van der Waals surface area (Å²) < 4.78 is 12.8. The van der Waals surface area contributed by atoms with Gasteiger partial charge in [0.05, 0.1) is 18.7 Å². The largest absolute Gasteiger partial charge is 0.481 e. The maximum absolute atomic E-state index is 12.7. The van der Waals surface area contributed by atoms with E-state index >= 15 is 0 Å². The summed E-state index contributed by atoms with van der Waals surface area (Å²) in [5, 5.41) is 20.2. The van der Waals surface area contributed by atoms with E-state index in [0.717, 1.165) is 31.6 Å². The van der Waals surface area contributed by atoms with Crippen molar-refractivity contribution in [3.8, 4) is 11.3 Å². The molecule has 1 amide bonds. The number of carboxylic acid groups (broad SMARTS) is 1. The normalized spacial score (nSPS) is 16.6. The van der Waals surface area contributed by atoms with Crippen molar-refractivity contribution in [1.29, 1.82) is 0 Å². The van der Waals surface area contributed by atoms with Crippen molar-refractivity contribution >= 4 is 11.9 Å². The second-order valence-corrected chi connectivity index (χ2v) is 7.72. The molecule has 2 unspecified atom stereocenters. The average Bonchev–Trinajstić information content (AvgIpc) is 3.26. The predicted molar refractivity (Wildman–Crippen MR) is 113 cm³/mol. The Labute approximate surface area is 181 Å². The third kappa shape index (κ3) is 6.35. The lowest BCUT2D eigenvalue weighted by Crippen LogP contribution is -2.42. The number of carboxylic acids is 1. The molecule has 9 heteroatoms. The minimum absolute atomic E-state index is 0.0340. The van der Waals surface area contributed by atoms with Gasteiger partial charge in [0.1, 0.15) is 11.7 Å². The van der Waals surface area contributed by atoms with E-state index in [4.69, 9.17) is 14.6 Å². The Hall–Kier alpha value is -2.78. The molecular formula is C22H30N4O5. The van der Waals surface area contributed by atoms with Gasteiger partial charge >= 0.3 is 5.97 Å². The molecule has 1 aromatic carbocycles. The Balaban J connectivity index is 1.61. The molecule has 31 heavy (non-hydrogen) atoms. The average molecular weight is 431 g/mol. The van der Waals surface area contributed by atoms with Crippen molar-refractivity contribution in [2.24, 2.45) is 5.92 Å². The first kappa shape index (κ1) is 22.9. The number of carbonyl (C=O) groups is 2. The number of ether oxygens (including phenoxy) is 2. The standard InChI is InChI=1S/C22H30N4O5/c1-3-31-20(17-7-9-30-10-8-17)13-23-22(29)15(2)26-14-19(24-25-26)18-6-4-5-16(11-18)12-21(27)28/h4-6,11,14-15,17,20H,3,7-10,12-13H2,1-2H3,(H,23,29)(H,27,28). The minimum atomic E-state index is -0.891. The third-order valence-electron chi connectivity index (χ3n) is 5.51. The molecule has 2 heterocycles. The Morgan fingerprint density at radius 1 is 1.35 bits per heavy atom. The summed E-state index contributed by atoms with van der Waals surface area (Å²) in [6.07, 6.45) is 3.47. The van der Waals surface area contributed by atoms with E-state index in [1.54, 1.807) is 31.3 Å². The SMILES string of the molecule is CCOC(CNC(=O)C(C)n1cc(-c2cccc(CC(=O)O)c2)nn1)C1CCOCC1. The van der Waals surface area contributed by atoms with Crippen molar-refractivity contribution in [1.82, 2.24) is 20.3 Å². The van der Waals surface area contributed by atoms with Gasteiger partial charge in [0.15, 0.2) is 0 Å². The van der Waals surface area contributed by atoms with Crippen molar-refractivity contribution in [3.05, 3.63) is 36.0 Å². The van der Waals surface area contributed by atoms with E-state index < -0.39 is 12.0 Å². The zero-order valence-corrected chi connectivity index (χ0v) is 18.0. The number of nitrogens with zero attached hydrogens (tertiary/aromatic N) is 3. The van der Waals surface area contributed by atoms with E-state index in [9.17, 15) is 9.59 Å². The zero-order chi connectivity index (χ0) is 22.2. The van der Waals surface area contributed by atoms with Gasteiger partial charge in [0.25, 0.3) is 0 Å². The van der Waals surface area contributed by atoms with Gasteiger partial charge in [0.2, 0.25) is 5.91 Å². The molecule has 2 aromatic rings. The molecule has 0 bridgehead atoms. The molecule has 0 radical (unpaired) electrons. The Morgan fingerprint density at radius 3 is 2.84 bits per heavy atom. The Kier molecular flexibility index (Phi) is 8.13. The van der Waals surface area contributed by atoms with Gasteiger partial charge in [0, 0.05) is 31.9 Å². The highest BCUT2D eigenvalue weighted by atomic mass is 16.5. The van der Waals surface area contributed by atoms with E-state index in [-0.39, 0.29) is 18.4 Å². The second-order valence-electron chi connectivity index (χ2n) is 7.72. The van der Waals surface area contributed by atoms with Crippen LogP contribution in [0, 0.1) is 5.92 Å². The van der Waals surface area contributed by atoms with Crippen LogP contribution in [0.3, 0.4) is 0 Å². The maximum Gasteiger partial charge on any atom is 0.307 e. The summed E-state index contributed by atoms with van der Waals surface area (Å²) in [6.45, 7) is 6.22. The fourth-order valence-corrected chi connectivity index (χ4v) is 3.75.